The highest BCUT2D eigenvalue weighted by atomic mass is 16.4. The van der Waals surface area contributed by atoms with Crippen LogP contribution in [0, 0.1) is 0 Å². The van der Waals surface area contributed by atoms with Gasteiger partial charge in [0.25, 0.3) is 0 Å². The molecule has 1 aromatic heterocycles. The molecule has 0 bridgehead atoms. The lowest BCUT2D eigenvalue weighted by Gasteiger charge is -2.18. The molecular weight excluding hydrogens is 182 g/mol. The van der Waals surface area contributed by atoms with Crippen molar-refractivity contribution >= 4 is 11.8 Å². The Morgan fingerprint density at radius 1 is 1.71 bits per heavy atom. The first kappa shape index (κ1) is 10.2. The Morgan fingerprint density at radius 3 is 3.00 bits per heavy atom. The first-order valence-electron chi connectivity index (χ1n) is 4.07. The normalized spacial score (nSPS) is 9.43. The molecule has 1 heterocycles. The zero-order valence-corrected chi connectivity index (χ0v) is 7.63. The Labute approximate surface area is 81.7 Å². The molecule has 0 saturated carbocycles. The third-order valence-electron chi connectivity index (χ3n) is 1.57. The maximum Gasteiger partial charge on any atom is 0.323 e. The van der Waals surface area contributed by atoms with Crippen LogP contribution in [0.1, 0.15) is 0 Å². The minimum absolute atomic E-state index is 0.0942. The molecule has 1 aromatic rings. The summed E-state index contributed by atoms with van der Waals surface area (Å²) in [5.74, 6) is -0.312. The predicted octanol–water partition coefficient (Wildman–Crippen LogP) is 0.554. The summed E-state index contributed by atoms with van der Waals surface area (Å²) in [4.78, 5) is 19.8. The molecule has 74 valence electrons. The van der Waals surface area contributed by atoms with Crippen molar-refractivity contribution in [3.8, 4) is 0 Å². The molecule has 0 aliphatic carbocycles. The highest BCUT2D eigenvalue weighted by molar-refractivity contribution is 5.73. The van der Waals surface area contributed by atoms with E-state index in [1.807, 2.05) is 0 Å². The summed E-state index contributed by atoms with van der Waals surface area (Å²) in [6.45, 7) is 3.91. The van der Waals surface area contributed by atoms with E-state index in [1.165, 1.54) is 6.33 Å². The van der Waals surface area contributed by atoms with E-state index in [9.17, 15) is 4.79 Å². The van der Waals surface area contributed by atoms with Crippen LogP contribution in [-0.2, 0) is 4.79 Å². The summed E-state index contributed by atoms with van der Waals surface area (Å²) in [6.07, 6.45) is 4.58. The molecule has 5 heteroatoms. The molecule has 0 spiro atoms. The quantitative estimate of drug-likeness (QED) is 0.692. The molecule has 0 aliphatic heterocycles. The lowest BCUT2D eigenvalue weighted by Crippen LogP contribution is -2.30. The molecule has 0 saturated heterocycles. The Kier molecular flexibility index (Phi) is 3.60. The van der Waals surface area contributed by atoms with Crippen molar-refractivity contribution in [1.29, 1.82) is 0 Å². The molecule has 0 aliphatic rings. The van der Waals surface area contributed by atoms with Gasteiger partial charge in [0.2, 0.25) is 0 Å². The molecular formula is C9H11N3O2. The van der Waals surface area contributed by atoms with Crippen molar-refractivity contribution in [2.24, 2.45) is 0 Å². The molecule has 0 unspecified atom stereocenters. The fraction of sp³-hybridized carbons (Fsp3) is 0.222. The lowest BCUT2D eigenvalue weighted by molar-refractivity contribution is -0.135. The summed E-state index contributed by atoms with van der Waals surface area (Å²) in [5, 5.41) is 8.65. The van der Waals surface area contributed by atoms with Gasteiger partial charge in [-0.15, -0.1) is 6.58 Å². The van der Waals surface area contributed by atoms with Crippen LogP contribution in [0.2, 0.25) is 0 Å². The Morgan fingerprint density at radius 2 is 2.50 bits per heavy atom. The van der Waals surface area contributed by atoms with Crippen LogP contribution in [0.5, 0.6) is 0 Å². The maximum atomic E-state index is 10.5. The van der Waals surface area contributed by atoms with E-state index in [1.54, 1.807) is 23.2 Å². The molecule has 5 nitrogen and oxygen atoms in total. The Hall–Kier alpha value is -1.91. The molecule has 14 heavy (non-hydrogen) atoms. The monoisotopic (exact) mass is 193 g/mol. The van der Waals surface area contributed by atoms with Gasteiger partial charge in [0.05, 0.1) is 0 Å². The third-order valence-corrected chi connectivity index (χ3v) is 1.57. The smallest absolute Gasteiger partial charge is 0.323 e. The first-order valence-corrected chi connectivity index (χ1v) is 4.07. The number of carboxylic acids is 1. The van der Waals surface area contributed by atoms with E-state index in [-0.39, 0.29) is 6.54 Å². The topological polar surface area (TPSA) is 66.3 Å². The van der Waals surface area contributed by atoms with Crippen molar-refractivity contribution < 1.29 is 9.90 Å². The van der Waals surface area contributed by atoms with Gasteiger partial charge in [-0.3, -0.25) is 4.79 Å². The van der Waals surface area contributed by atoms with Gasteiger partial charge in [0, 0.05) is 12.7 Å². The SMILES string of the molecule is C=CCN(CC(=O)O)c1ccncn1. The van der Waals surface area contributed by atoms with Crippen molar-refractivity contribution in [3.05, 3.63) is 31.2 Å². The zero-order valence-electron chi connectivity index (χ0n) is 7.63. The molecule has 0 amide bonds. The van der Waals surface area contributed by atoms with Crippen molar-refractivity contribution in [3.63, 3.8) is 0 Å². The van der Waals surface area contributed by atoms with Crippen molar-refractivity contribution in [2.45, 2.75) is 0 Å². The van der Waals surface area contributed by atoms with Gasteiger partial charge >= 0.3 is 5.97 Å². The number of anilines is 1. The van der Waals surface area contributed by atoms with Crippen LogP contribution in [0.4, 0.5) is 5.82 Å². The zero-order chi connectivity index (χ0) is 10.4. The number of hydrogen-bond acceptors (Lipinski definition) is 4. The number of rotatable bonds is 5. The first-order chi connectivity index (χ1) is 6.74. The fourth-order valence-corrected chi connectivity index (χ4v) is 1.03. The summed E-state index contributed by atoms with van der Waals surface area (Å²) >= 11 is 0. The second-order valence-electron chi connectivity index (χ2n) is 2.63. The molecule has 0 aromatic carbocycles. The number of nitrogens with zero attached hydrogens (tertiary/aromatic N) is 3. The number of hydrogen-bond donors (Lipinski definition) is 1. The van der Waals surface area contributed by atoms with E-state index in [4.69, 9.17) is 5.11 Å². The summed E-state index contributed by atoms with van der Waals surface area (Å²) < 4.78 is 0. The Bertz CT molecular complexity index is 313. The van der Waals surface area contributed by atoms with Gasteiger partial charge in [0.1, 0.15) is 18.7 Å². The largest absolute Gasteiger partial charge is 0.480 e. The van der Waals surface area contributed by atoms with Gasteiger partial charge < -0.3 is 10.0 Å². The average molecular weight is 193 g/mol. The van der Waals surface area contributed by atoms with Crippen LogP contribution in [0.25, 0.3) is 0 Å². The molecule has 1 N–H and O–H groups in total. The fourth-order valence-electron chi connectivity index (χ4n) is 1.03. The Balaban J connectivity index is 2.77. The van der Waals surface area contributed by atoms with Gasteiger partial charge in [-0.2, -0.15) is 0 Å². The maximum absolute atomic E-state index is 10.5. The lowest BCUT2D eigenvalue weighted by atomic mass is 10.4. The minimum atomic E-state index is -0.898. The number of aliphatic carboxylic acids is 1. The standard InChI is InChI=1S/C9H11N3O2/c1-2-5-12(6-9(13)14)8-3-4-10-7-11-8/h2-4,7H,1,5-6H2,(H,13,14). The average Bonchev–Trinajstić information content (AvgIpc) is 2.18. The van der Waals surface area contributed by atoms with Gasteiger partial charge in [0.15, 0.2) is 0 Å². The molecule has 0 radical (unpaired) electrons. The summed E-state index contributed by atoms with van der Waals surface area (Å²) in [6, 6.07) is 1.66. The second-order valence-corrected chi connectivity index (χ2v) is 2.63. The van der Waals surface area contributed by atoms with E-state index in [0.29, 0.717) is 12.4 Å². The second kappa shape index (κ2) is 4.96. The number of aromatic nitrogens is 2. The van der Waals surface area contributed by atoms with Crippen LogP contribution in [0.3, 0.4) is 0 Å². The van der Waals surface area contributed by atoms with Crippen LogP contribution >= 0.6 is 0 Å². The van der Waals surface area contributed by atoms with Gasteiger partial charge in [-0.1, -0.05) is 6.08 Å². The van der Waals surface area contributed by atoms with Gasteiger partial charge in [-0.05, 0) is 6.07 Å². The molecule has 0 atom stereocenters. The van der Waals surface area contributed by atoms with Crippen LogP contribution < -0.4 is 4.90 Å². The number of carbonyl (C=O) groups is 1. The minimum Gasteiger partial charge on any atom is -0.480 e. The van der Waals surface area contributed by atoms with Crippen molar-refractivity contribution in [1.82, 2.24) is 9.97 Å². The molecule has 0 fully saturated rings. The summed E-state index contributed by atoms with van der Waals surface area (Å²) in [5.41, 5.74) is 0. The van der Waals surface area contributed by atoms with E-state index >= 15 is 0 Å². The highest BCUT2D eigenvalue weighted by Crippen LogP contribution is 2.07. The van der Waals surface area contributed by atoms with E-state index in [2.05, 4.69) is 16.5 Å². The number of carboxylic acid groups (broad SMARTS) is 1. The van der Waals surface area contributed by atoms with E-state index < -0.39 is 5.97 Å². The van der Waals surface area contributed by atoms with Crippen molar-refractivity contribution in [2.75, 3.05) is 18.0 Å². The molecule has 1 rings (SSSR count). The van der Waals surface area contributed by atoms with Crippen LogP contribution in [0.15, 0.2) is 31.2 Å². The summed E-state index contributed by atoms with van der Waals surface area (Å²) in [7, 11) is 0. The van der Waals surface area contributed by atoms with Crippen LogP contribution in [-0.4, -0.2) is 34.1 Å². The highest BCUT2D eigenvalue weighted by Gasteiger charge is 2.09. The van der Waals surface area contributed by atoms with E-state index in [0.717, 1.165) is 0 Å². The van der Waals surface area contributed by atoms with Gasteiger partial charge in [-0.25, -0.2) is 9.97 Å². The predicted molar refractivity (Wildman–Crippen MR) is 52.1 cm³/mol. The third kappa shape index (κ3) is 2.85.